The summed E-state index contributed by atoms with van der Waals surface area (Å²) in [6, 6.07) is 25.8. The molecule has 338 valence electrons. The zero-order valence-corrected chi connectivity index (χ0v) is 35.6. The number of carboxylic acid groups (broad SMARTS) is 2. The van der Waals surface area contributed by atoms with Crippen molar-refractivity contribution in [3.8, 4) is 34.1 Å². The van der Waals surface area contributed by atoms with Crippen LogP contribution in [0.5, 0.6) is 11.5 Å². The molecule has 2 aliphatic rings. The van der Waals surface area contributed by atoms with Gasteiger partial charge in [0.05, 0.1) is 13.2 Å². The molecule has 16 heteroatoms. The third-order valence-electron chi connectivity index (χ3n) is 10.9. The largest absolute Gasteiger partial charge is 0.508 e. The SMILES string of the molecule is CCOC(=O)c1c(-c2ccccc2)oc2ccc(O)c(CN3CCCC3)c12.CCOC(=O)c1c(-c2ccccc2)oc2ccc(O)c(CN3CCCC3)c12.O=C(O)C(O)C(O)C(=O)O. The van der Waals surface area contributed by atoms with Gasteiger partial charge in [0.25, 0.3) is 0 Å². The molecule has 2 unspecified atom stereocenters. The summed E-state index contributed by atoms with van der Waals surface area (Å²) in [6.45, 7) is 9.27. The van der Waals surface area contributed by atoms with Gasteiger partial charge in [0, 0.05) is 46.1 Å². The van der Waals surface area contributed by atoms with E-state index < -0.39 is 36.1 Å². The van der Waals surface area contributed by atoms with Gasteiger partial charge in [-0.1, -0.05) is 60.7 Å². The molecule has 0 saturated carbocycles. The van der Waals surface area contributed by atoms with Crippen LogP contribution in [0.4, 0.5) is 0 Å². The summed E-state index contributed by atoms with van der Waals surface area (Å²) in [5.41, 5.74) is 5.03. The van der Waals surface area contributed by atoms with Gasteiger partial charge in [0.1, 0.15) is 45.3 Å². The average Bonchev–Trinajstić information content (AvgIpc) is 4.14. The Morgan fingerprint density at radius 1 is 0.562 bits per heavy atom. The molecule has 2 aromatic heterocycles. The number of phenols is 2. The van der Waals surface area contributed by atoms with Gasteiger partial charge in [-0.3, -0.25) is 9.80 Å². The summed E-state index contributed by atoms with van der Waals surface area (Å²) in [5, 5.41) is 55.0. The molecule has 0 bridgehead atoms. The van der Waals surface area contributed by atoms with Crippen LogP contribution < -0.4 is 0 Å². The predicted molar refractivity (Wildman–Crippen MR) is 235 cm³/mol. The topological polar surface area (TPSA) is 241 Å². The van der Waals surface area contributed by atoms with Crippen LogP contribution in [0.1, 0.15) is 71.4 Å². The smallest absolute Gasteiger partial charge is 0.342 e. The molecule has 2 aliphatic heterocycles. The van der Waals surface area contributed by atoms with Gasteiger partial charge in [-0.2, -0.15) is 0 Å². The molecule has 2 saturated heterocycles. The first-order valence-corrected chi connectivity index (χ1v) is 21.1. The summed E-state index contributed by atoms with van der Waals surface area (Å²) >= 11 is 0. The number of esters is 2. The fraction of sp³-hybridized carbons (Fsp3) is 0.333. The minimum Gasteiger partial charge on any atom is -0.508 e. The van der Waals surface area contributed by atoms with E-state index in [2.05, 4.69) is 9.80 Å². The number of hydrogen-bond donors (Lipinski definition) is 6. The van der Waals surface area contributed by atoms with E-state index in [9.17, 15) is 29.4 Å². The Balaban J connectivity index is 0.000000176. The highest BCUT2D eigenvalue weighted by molar-refractivity contribution is 6.11. The zero-order chi connectivity index (χ0) is 45.9. The highest BCUT2D eigenvalue weighted by Crippen LogP contribution is 2.41. The first kappa shape index (κ1) is 46.8. The van der Waals surface area contributed by atoms with Crippen LogP contribution in [0.3, 0.4) is 0 Å². The maximum absolute atomic E-state index is 12.8. The molecule has 0 radical (unpaired) electrons. The van der Waals surface area contributed by atoms with Gasteiger partial charge in [-0.25, -0.2) is 19.2 Å². The van der Waals surface area contributed by atoms with E-state index in [1.807, 2.05) is 60.7 Å². The van der Waals surface area contributed by atoms with Crippen LogP contribution in [0.15, 0.2) is 93.8 Å². The Kier molecular flexibility index (Phi) is 15.8. The second-order valence-electron chi connectivity index (χ2n) is 15.2. The maximum Gasteiger partial charge on any atom is 0.342 e. The number of aliphatic hydroxyl groups excluding tert-OH is 2. The Morgan fingerprint density at radius 3 is 1.22 bits per heavy atom. The number of fused-ring (bicyclic) bond motifs is 2. The molecule has 2 fully saturated rings. The molecular formula is C48H52N2O14. The maximum atomic E-state index is 12.8. The number of ether oxygens (including phenoxy) is 2. The Bertz CT molecular complexity index is 2380. The van der Waals surface area contributed by atoms with Gasteiger partial charge in [0.15, 0.2) is 12.2 Å². The summed E-state index contributed by atoms with van der Waals surface area (Å²) in [7, 11) is 0. The normalized spacial score (nSPS) is 14.9. The number of nitrogens with zero attached hydrogens (tertiary/aromatic N) is 2. The van der Waals surface area contributed by atoms with E-state index in [1.165, 1.54) is 0 Å². The summed E-state index contributed by atoms with van der Waals surface area (Å²) in [5.74, 6) is -3.06. The number of carbonyl (C=O) groups excluding carboxylic acids is 2. The number of likely N-dealkylation sites (tertiary alicyclic amines) is 2. The summed E-state index contributed by atoms with van der Waals surface area (Å²) in [6.07, 6.45) is 0.0871. The zero-order valence-electron chi connectivity index (χ0n) is 35.6. The quantitative estimate of drug-likeness (QED) is 0.0638. The summed E-state index contributed by atoms with van der Waals surface area (Å²) in [4.78, 5) is 49.8. The van der Waals surface area contributed by atoms with Gasteiger partial charge in [-0.05, 0) is 90.0 Å². The molecule has 64 heavy (non-hydrogen) atoms. The number of aliphatic carboxylic acids is 2. The van der Waals surface area contributed by atoms with E-state index in [0.29, 0.717) is 57.7 Å². The van der Waals surface area contributed by atoms with Crippen molar-refractivity contribution < 1.29 is 68.1 Å². The van der Waals surface area contributed by atoms with Crippen LogP contribution in [-0.2, 0) is 32.2 Å². The van der Waals surface area contributed by atoms with E-state index in [4.69, 9.17) is 38.7 Å². The molecule has 16 nitrogen and oxygen atoms in total. The molecule has 2 atom stereocenters. The lowest BCUT2D eigenvalue weighted by molar-refractivity contribution is -0.165. The monoisotopic (exact) mass is 880 g/mol. The molecule has 4 heterocycles. The lowest BCUT2D eigenvalue weighted by atomic mass is 10.0. The van der Waals surface area contributed by atoms with Gasteiger partial charge in [0.2, 0.25) is 0 Å². The van der Waals surface area contributed by atoms with Crippen molar-refractivity contribution in [3.63, 3.8) is 0 Å². The lowest BCUT2D eigenvalue weighted by Crippen LogP contribution is -2.39. The van der Waals surface area contributed by atoms with Crippen molar-refractivity contribution in [1.82, 2.24) is 9.80 Å². The standard InChI is InChI=1S/2C22H23NO4.C4H6O6/c2*1-2-26-22(25)20-19-16(14-23-12-6-7-13-23)17(24)10-11-18(19)27-21(20)15-8-4-3-5-9-15;5-1(3(7)8)2(6)4(9)10/h2*3-5,8-11,24H,2,6-7,12-14H2,1H3;1-2,5-6H,(H,7,8)(H,9,10). The van der Waals surface area contributed by atoms with Gasteiger partial charge >= 0.3 is 23.9 Å². The molecule has 0 spiro atoms. The van der Waals surface area contributed by atoms with Crippen molar-refractivity contribution in [1.29, 1.82) is 0 Å². The van der Waals surface area contributed by atoms with Crippen LogP contribution in [-0.4, -0.2) is 116 Å². The Morgan fingerprint density at radius 2 is 0.906 bits per heavy atom. The average molecular weight is 881 g/mol. The number of furan rings is 2. The highest BCUT2D eigenvalue weighted by atomic mass is 16.5. The fourth-order valence-corrected chi connectivity index (χ4v) is 7.80. The van der Waals surface area contributed by atoms with Crippen LogP contribution in [0, 0.1) is 0 Å². The molecular weight excluding hydrogens is 829 g/mol. The fourth-order valence-electron chi connectivity index (χ4n) is 7.80. The van der Waals surface area contributed by atoms with Crippen molar-refractivity contribution in [3.05, 3.63) is 107 Å². The first-order chi connectivity index (χ1) is 30.8. The minimum absolute atomic E-state index is 0.181. The van der Waals surface area contributed by atoms with Gasteiger partial charge in [-0.15, -0.1) is 0 Å². The number of hydrogen-bond acceptors (Lipinski definition) is 14. The number of carbonyl (C=O) groups is 4. The highest BCUT2D eigenvalue weighted by Gasteiger charge is 2.31. The third-order valence-corrected chi connectivity index (χ3v) is 10.9. The van der Waals surface area contributed by atoms with E-state index >= 15 is 0 Å². The third kappa shape index (κ3) is 10.7. The number of aromatic hydroxyl groups is 2. The van der Waals surface area contributed by atoms with Crippen LogP contribution in [0.2, 0.25) is 0 Å². The van der Waals surface area contributed by atoms with Gasteiger partial charge < -0.3 is 48.9 Å². The van der Waals surface area contributed by atoms with Crippen LogP contribution >= 0.6 is 0 Å². The number of carboxylic acids is 2. The van der Waals surface area contributed by atoms with Crippen LogP contribution in [0.25, 0.3) is 44.6 Å². The molecule has 6 N–H and O–H groups in total. The molecule has 6 aromatic rings. The predicted octanol–water partition coefficient (Wildman–Crippen LogP) is 7.03. The molecule has 4 aromatic carbocycles. The lowest BCUT2D eigenvalue weighted by Gasteiger charge is -2.16. The van der Waals surface area contributed by atoms with Crippen molar-refractivity contribution in [2.75, 3.05) is 39.4 Å². The minimum atomic E-state index is -2.27. The first-order valence-electron chi connectivity index (χ1n) is 21.1. The number of benzene rings is 4. The van der Waals surface area contributed by atoms with Crippen molar-refractivity contribution in [2.24, 2.45) is 0 Å². The van der Waals surface area contributed by atoms with Crippen molar-refractivity contribution >= 4 is 45.8 Å². The van der Waals surface area contributed by atoms with Crippen molar-refractivity contribution in [2.45, 2.75) is 64.8 Å². The number of aliphatic hydroxyl groups is 2. The number of phenolic OH excluding ortho intramolecular Hbond substituents is 2. The van der Waals surface area contributed by atoms with E-state index in [0.717, 1.165) is 74.1 Å². The summed E-state index contributed by atoms with van der Waals surface area (Å²) < 4.78 is 22.8. The second-order valence-corrected chi connectivity index (χ2v) is 15.2. The van der Waals surface area contributed by atoms with E-state index in [1.54, 1.807) is 38.1 Å². The Labute approximate surface area is 368 Å². The molecule has 8 rings (SSSR count). The van der Waals surface area contributed by atoms with E-state index in [-0.39, 0.29) is 24.7 Å². The molecule has 0 aliphatic carbocycles. The molecule has 0 amide bonds. The number of rotatable bonds is 13. The Hall–Kier alpha value is -6.72. The second kappa shape index (κ2) is 21.6.